The van der Waals surface area contributed by atoms with Gasteiger partial charge in [0.15, 0.2) is 0 Å². The van der Waals surface area contributed by atoms with Crippen molar-refractivity contribution in [1.82, 2.24) is 4.72 Å². The predicted molar refractivity (Wildman–Crippen MR) is 92.2 cm³/mol. The van der Waals surface area contributed by atoms with Gasteiger partial charge in [-0.2, -0.15) is 0 Å². The molecule has 6 nitrogen and oxygen atoms in total. The minimum Gasteiger partial charge on any atom is -0.258 e. The number of nitro benzene ring substituents is 1. The van der Waals surface area contributed by atoms with E-state index in [2.05, 4.69) is 4.72 Å². The molecule has 24 heavy (non-hydrogen) atoms. The Bertz CT molecular complexity index is 833. The molecule has 0 aliphatic rings. The summed E-state index contributed by atoms with van der Waals surface area (Å²) in [4.78, 5) is 10.4. The summed E-state index contributed by atoms with van der Waals surface area (Å²) in [6.45, 7) is 5.40. The van der Waals surface area contributed by atoms with Gasteiger partial charge in [0.1, 0.15) is 0 Å². The SMILES string of the molecule is Cc1ccc(S(=O)(=O)NC(c2ccccc2)C(C)C)cc1[N+](=O)[O-]. The lowest BCUT2D eigenvalue weighted by molar-refractivity contribution is -0.385. The fourth-order valence-electron chi connectivity index (χ4n) is 2.44. The second-order valence-electron chi connectivity index (χ2n) is 5.96. The maximum atomic E-state index is 12.7. The quantitative estimate of drug-likeness (QED) is 0.638. The first-order valence-electron chi connectivity index (χ1n) is 7.54. The van der Waals surface area contributed by atoms with E-state index in [9.17, 15) is 18.5 Å². The van der Waals surface area contributed by atoms with Crippen LogP contribution in [-0.4, -0.2) is 13.3 Å². The fraction of sp³-hybridized carbons (Fsp3) is 0.294. The van der Waals surface area contributed by atoms with Gasteiger partial charge in [0.05, 0.1) is 9.82 Å². The lowest BCUT2D eigenvalue weighted by Gasteiger charge is -2.22. The fourth-order valence-corrected chi connectivity index (χ4v) is 3.83. The number of nitrogens with one attached hydrogen (secondary N) is 1. The smallest absolute Gasteiger partial charge is 0.258 e. The molecule has 2 aromatic rings. The molecule has 1 atom stereocenters. The van der Waals surface area contributed by atoms with E-state index in [1.165, 1.54) is 12.1 Å². The molecule has 0 aliphatic carbocycles. The topological polar surface area (TPSA) is 89.3 Å². The maximum Gasteiger partial charge on any atom is 0.273 e. The largest absolute Gasteiger partial charge is 0.273 e. The van der Waals surface area contributed by atoms with Gasteiger partial charge in [-0.3, -0.25) is 10.1 Å². The number of sulfonamides is 1. The van der Waals surface area contributed by atoms with Crippen molar-refractivity contribution in [3.8, 4) is 0 Å². The highest BCUT2D eigenvalue weighted by Crippen LogP contribution is 2.26. The molecular formula is C17H20N2O4S. The summed E-state index contributed by atoms with van der Waals surface area (Å²) < 4.78 is 28.0. The van der Waals surface area contributed by atoms with E-state index in [1.807, 2.05) is 44.2 Å². The van der Waals surface area contributed by atoms with E-state index in [0.717, 1.165) is 11.6 Å². The Morgan fingerprint density at radius 2 is 1.71 bits per heavy atom. The van der Waals surface area contributed by atoms with Crippen LogP contribution in [-0.2, 0) is 10.0 Å². The van der Waals surface area contributed by atoms with E-state index in [-0.39, 0.29) is 16.5 Å². The van der Waals surface area contributed by atoms with Gasteiger partial charge in [-0.15, -0.1) is 0 Å². The molecule has 0 fully saturated rings. The third kappa shape index (κ3) is 3.98. The summed E-state index contributed by atoms with van der Waals surface area (Å²) in [6, 6.07) is 12.8. The maximum absolute atomic E-state index is 12.7. The van der Waals surface area contributed by atoms with Crippen molar-refractivity contribution in [2.24, 2.45) is 5.92 Å². The molecule has 0 bridgehead atoms. The van der Waals surface area contributed by atoms with E-state index in [1.54, 1.807) is 6.92 Å². The lowest BCUT2D eigenvalue weighted by atomic mass is 9.97. The van der Waals surface area contributed by atoms with Crippen LogP contribution in [0.1, 0.15) is 31.0 Å². The molecule has 7 heteroatoms. The molecule has 0 saturated carbocycles. The number of hydrogen-bond donors (Lipinski definition) is 1. The van der Waals surface area contributed by atoms with Gasteiger partial charge in [-0.1, -0.05) is 50.2 Å². The molecule has 1 unspecified atom stereocenters. The highest BCUT2D eigenvalue weighted by Gasteiger charge is 2.25. The van der Waals surface area contributed by atoms with Gasteiger partial charge in [-0.05, 0) is 24.5 Å². The molecule has 2 rings (SSSR count). The van der Waals surface area contributed by atoms with Crippen LogP contribution < -0.4 is 4.72 Å². The van der Waals surface area contributed by atoms with Crippen LogP contribution in [0.15, 0.2) is 53.4 Å². The van der Waals surface area contributed by atoms with E-state index < -0.39 is 21.0 Å². The zero-order valence-corrected chi connectivity index (χ0v) is 14.6. The van der Waals surface area contributed by atoms with Gasteiger partial charge in [0, 0.05) is 17.7 Å². The molecule has 1 N–H and O–H groups in total. The second-order valence-corrected chi connectivity index (χ2v) is 7.67. The molecule has 0 aliphatic heterocycles. The van der Waals surface area contributed by atoms with Crippen LogP contribution >= 0.6 is 0 Å². The third-order valence-corrected chi connectivity index (χ3v) is 5.23. The Kier molecular flexibility index (Phi) is 5.36. The van der Waals surface area contributed by atoms with Gasteiger partial charge >= 0.3 is 0 Å². The zero-order valence-electron chi connectivity index (χ0n) is 13.8. The molecule has 0 amide bonds. The highest BCUT2D eigenvalue weighted by atomic mass is 32.2. The van der Waals surface area contributed by atoms with Crippen LogP contribution in [0, 0.1) is 23.0 Å². The second kappa shape index (κ2) is 7.11. The predicted octanol–water partition coefficient (Wildman–Crippen LogP) is 3.58. The van der Waals surface area contributed by atoms with E-state index in [4.69, 9.17) is 0 Å². The van der Waals surface area contributed by atoms with Gasteiger partial charge in [0.2, 0.25) is 10.0 Å². The number of hydrogen-bond acceptors (Lipinski definition) is 4. The van der Waals surface area contributed by atoms with Crippen LogP contribution in [0.3, 0.4) is 0 Å². The highest BCUT2D eigenvalue weighted by molar-refractivity contribution is 7.89. The molecule has 0 saturated heterocycles. The average molecular weight is 348 g/mol. The van der Waals surface area contributed by atoms with Crippen molar-refractivity contribution in [2.45, 2.75) is 31.7 Å². The number of nitrogens with zero attached hydrogens (tertiary/aromatic N) is 1. The van der Waals surface area contributed by atoms with Gasteiger partial charge in [0.25, 0.3) is 5.69 Å². The molecule has 2 aromatic carbocycles. The van der Waals surface area contributed by atoms with Gasteiger partial charge < -0.3 is 0 Å². The number of nitro groups is 1. The zero-order chi connectivity index (χ0) is 17.9. The van der Waals surface area contributed by atoms with Crippen LogP contribution in [0.5, 0.6) is 0 Å². The van der Waals surface area contributed by atoms with Crippen LogP contribution in [0.2, 0.25) is 0 Å². The van der Waals surface area contributed by atoms with Crippen molar-refractivity contribution in [1.29, 1.82) is 0 Å². The first kappa shape index (κ1) is 18.1. The minimum absolute atomic E-state index is 0.0163. The average Bonchev–Trinajstić information content (AvgIpc) is 2.53. The Morgan fingerprint density at radius 1 is 1.08 bits per heavy atom. The number of rotatable bonds is 6. The molecular weight excluding hydrogens is 328 g/mol. The van der Waals surface area contributed by atoms with Crippen LogP contribution in [0.25, 0.3) is 0 Å². The van der Waals surface area contributed by atoms with Crippen molar-refractivity contribution in [3.63, 3.8) is 0 Å². The summed E-state index contributed by atoms with van der Waals surface area (Å²) in [5.41, 5.74) is 1.05. The summed E-state index contributed by atoms with van der Waals surface area (Å²) in [7, 11) is -3.88. The Balaban J connectivity index is 2.40. The first-order valence-corrected chi connectivity index (χ1v) is 9.03. The number of benzene rings is 2. The summed E-state index contributed by atoms with van der Waals surface area (Å²) in [5, 5.41) is 11.0. The first-order chi connectivity index (χ1) is 11.2. The van der Waals surface area contributed by atoms with Crippen molar-refractivity contribution in [3.05, 3.63) is 69.8 Å². The lowest BCUT2D eigenvalue weighted by Crippen LogP contribution is -2.31. The van der Waals surface area contributed by atoms with Crippen molar-refractivity contribution < 1.29 is 13.3 Å². The summed E-state index contributed by atoms with van der Waals surface area (Å²) in [6.07, 6.45) is 0. The van der Waals surface area contributed by atoms with E-state index >= 15 is 0 Å². The van der Waals surface area contributed by atoms with Crippen molar-refractivity contribution in [2.75, 3.05) is 0 Å². The number of aryl methyl sites for hydroxylation is 1. The molecule has 0 aromatic heterocycles. The minimum atomic E-state index is -3.88. The molecule has 0 spiro atoms. The van der Waals surface area contributed by atoms with Crippen LogP contribution in [0.4, 0.5) is 5.69 Å². The third-order valence-electron chi connectivity index (χ3n) is 3.80. The monoisotopic (exact) mass is 348 g/mol. The van der Waals surface area contributed by atoms with Gasteiger partial charge in [-0.25, -0.2) is 13.1 Å². The molecule has 0 heterocycles. The molecule has 128 valence electrons. The normalized spacial score (nSPS) is 13.0. The van der Waals surface area contributed by atoms with Crippen molar-refractivity contribution >= 4 is 15.7 Å². The Morgan fingerprint density at radius 3 is 2.25 bits per heavy atom. The molecule has 0 radical (unpaired) electrons. The van der Waals surface area contributed by atoms with E-state index in [0.29, 0.717) is 5.56 Å². The standard InChI is InChI=1S/C17H20N2O4S/c1-12(2)17(14-7-5-4-6-8-14)18-24(22,23)15-10-9-13(3)16(11-15)19(20)21/h4-12,17-18H,1-3H3. The Labute approximate surface area is 141 Å². The summed E-state index contributed by atoms with van der Waals surface area (Å²) in [5.74, 6) is 0.0163. The summed E-state index contributed by atoms with van der Waals surface area (Å²) >= 11 is 0. The Hall–Kier alpha value is -2.25.